The van der Waals surface area contributed by atoms with Crippen molar-refractivity contribution < 1.29 is 28.6 Å². The SMILES string of the molecule is CCOc1ccccc1C(=O)OCC(=O)N[C@@H](Cc1ccccc1)C(=O)OC. The Balaban J connectivity index is 1.95. The summed E-state index contributed by atoms with van der Waals surface area (Å²) in [5, 5.41) is 2.54. The molecule has 0 spiro atoms. The molecular weight excluding hydrogens is 362 g/mol. The molecule has 7 heteroatoms. The number of hydrogen-bond acceptors (Lipinski definition) is 6. The van der Waals surface area contributed by atoms with E-state index in [0.29, 0.717) is 12.4 Å². The van der Waals surface area contributed by atoms with Crippen LogP contribution in [0.3, 0.4) is 0 Å². The lowest BCUT2D eigenvalue weighted by molar-refractivity contribution is -0.145. The van der Waals surface area contributed by atoms with Crippen LogP contribution in [0.5, 0.6) is 5.75 Å². The molecule has 2 aromatic carbocycles. The highest BCUT2D eigenvalue weighted by Gasteiger charge is 2.23. The molecule has 0 saturated carbocycles. The lowest BCUT2D eigenvalue weighted by Crippen LogP contribution is -2.44. The molecule has 0 radical (unpaired) electrons. The first-order valence-electron chi connectivity index (χ1n) is 8.85. The third-order valence-corrected chi connectivity index (χ3v) is 3.84. The van der Waals surface area contributed by atoms with E-state index in [2.05, 4.69) is 5.32 Å². The van der Waals surface area contributed by atoms with Crippen molar-refractivity contribution in [3.63, 3.8) is 0 Å². The Kier molecular flexibility index (Phi) is 8.02. The Bertz CT molecular complexity index is 806. The van der Waals surface area contributed by atoms with E-state index < -0.39 is 30.5 Å². The molecule has 0 aliphatic rings. The Morgan fingerprint density at radius 2 is 1.68 bits per heavy atom. The van der Waals surface area contributed by atoms with Crippen molar-refractivity contribution in [2.75, 3.05) is 20.3 Å². The lowest BCUT2D eigenvalue weighted by atomic mass is 10.1. The molecular formula is C21H23NO6. The van der Waals surface area contributed by atoms with Crippen LogP contribution in [0.1, 0.15) is 22.8 Å². The second-order valence-corrected chi connectivity index (χ2v) is 5.84. The van der Waals surface area contributed by atoms with Gasteiger partial charge in [0.05, 0.1) is 13.7 Å². The topological polar surface area (TPSA) is 90.9 Å². The van der Waals surface area contributed by atoms with Gasteiger partial charge in [-0.1, -0.05) is 42.5 Å². The van der Waals surface area contributed by atoms with Crippen LogP contribution in [-0.2, 0) is 25.5 Å². The summed E-state index contributed by atoms with van der Waals surface area (Å²) in [6.07, 6.45) is 0.264. The maximum Gasteiger partial charge on any atom is 0.342 e. The number of ether oxygens (including phenoxy) is 3. The van der Waals surface area contributed by atoms with Crippen LogP contribution in [0.25, 0.3) is 0 Å². The van der Waals surface area contributed by atoms with Crippen molar-refractivity contribution in [1.29, 1.82) is 0 Å². The lowest BCUT2D eigenvalue weighted by Gasteiger charge is -2.17. The number of para-hydroxylation sites is 1. The van der Waals surface area contributed by atoms with E-state index in [9.17, 15) is 14.4 Å². The van der Waals surface area contributed by atoms with Gasteiger partial charge < -0.3 is 19.5 Å². The van der Waals surface area contributed by atoms with Crippen LogP contribution < -0.4 is 10.1 Å². The van der Waals surface area contributed by atoms with E-state index in [1.54, 1.807) is 31.2 Å². The molecule has 1 amide bonds. The van der Waals surface area contributed by atoms with Crippen molar-refractivity contribution in [2.24, 2.45) is 0 Å². The first-order chi connectivity index (χ1) is 13.5. The fourth-order valence-corrected chi connectivity index (χ4v) is 2.55. The largest absolute Gasteiger partial charge is 0.493 e. The number of rotatable bonds is 9. The second-order valence-electron chi connectivity index (χ2n) is 5.84. The molecule has 0 unspecified atom stereocenters. The molecule has 0 aliphatic carbocycles. The van der Waals surface area contributed by atoms with Crippen LogP contribution >= 0.6 is 0 Å². The van der Waals surface area contributed by atoms with Crippen LogP contribution in [0.15, 0.2) is 54.6 Å². The summed E-state index contributed by atoms with van der Waals surface area (Å²) in [5.41, 5.74) is 1.09. The van der Waals surface area contributed by atoms with Gasteiger partial charge in [0.25, 0.3) is 5.91 Å². The van der Waals surface area contributed by atoms with Crippen molar-refractivity contribution in [3.05, 3.63) is 65.7 Å². The van der Waals surface area contributed by atoms with Crippen molar-refractivity contribution in [2.45, 2.75) is 19.4 Å². The van der Waals surface area contributed by atoms with Gasteiger partial charge in [0, 0.05) is 6.42 Å². The smallest absolute Gasteiger partial charge is 0.342 e. The summed E-state index contributed by atoms with van der Waals surface area (Å²) < 4.78 is 15.2. The van der Waals surface area contributed by atoms with E-state index in [-0.39, 0.29) is 12.0 Å². The molecule has 0 bridgehead atoms. The molecule has 1 N–H and O–H groups in total. The van der Waals surface area contributed by atoms with Crippen LogP contribution in [-0.4, -0.2) is 44.2 Å². The summed E-state index contributed by atoms with van der Waals surface area (Å²) in [5.74, 6) is -1.48. The number of amides is 1. The summed E-state index contributed by atoms with van der Waals surface area (Å²) in [6, 6.07) is 14.9. The molecule has 7 nitrogen and oxygen atoms in total. The Labute approximate surface area is 163 Å². The predicted octanol–water partition coefficient (Wildman–Crippen LogP) is 2.14. The third kappa shape index (κ3) is 6.12. The van der Waals surface area contributed by atoms with E-state index in [1.807, 2.05) is 30.3 Å². The molecule has 28 heavy (non-hydrogen) atoms. The van der Waals surface area contributed by atoms with Gasteiger partial charge in [-0.05, 0) is 24.6 Å². The summed E-state index contributed by atoms with van der Waals surface area (Å²) in [4.78, 5) is 36.4. The van der Waals surface area contributed by atoms with Gasteiger partial charge in [0.2, 0.25) is 0 Å². The number of carbonyl (C=O) groups is 3. The monoisotopic (exact) mass is 385 g/mol. The minimum atomic E-state index is -0.880. The van der Waals surface area contributed by atoms with Crippen LogP contribution in [0.2, 0.25) is 0 Å². The highest BCUT2D eigenvalue weighted by molar-refractivity contribution is 5.94. The number of carbonyl (C=O) groups excluding carboxylic acids is 3. The number of hydrogen-bond donors (Lipinski definition) is 1. The number of nitrogens with one attached hydrogen (secondary N) is 1. The van der Waals surface area contributed by atoms with E-state index >= 15 is 0 Å². The average molecular weight is 385 g/mol. The molecule has 2 rings (SSSR count). The zero-order valence-electron chi connectivity index (χ0n) is 15.8. The molecule has 0 aliphatic heterocycles. The number of methoxy groups -OCH3 is 1. The highest BCUT2D eigenvalue weighted by atomic mass is 16.5. The van der Waals surface area contributed by atoms with Crippen LogP contribution in [0, 0.1) is 0 Å². The normalized spacial score (nSPS) is 11.2. The molecule has 0 heterocycles. The van der Waals surface area contributed by atoms with Gasteiger partial charge in [0.1, 0.15) is 17.4 Å². The third-order valence-electron chi connectivity index (χ3n) is 3.84. The number of esters is 2. The van der Waals surface area contributed by atoms with Crippen molar-refractivity contribution in [1.82, 2.24) is 5.32 Å². The minimum Gasteiger partial charge on any atom is -0.493 e. The fourth-order valence-electron chi connectivity index (χ4n) is 2.55. The van der Waals surface area contributed by atoms with E-state index in [1.165, 1.54) is 7.11 Å². The first-order valence-corrected chi connectivity index (χ1v) is 8.85. The summed E-state index contributed by atoms with van der Waals surface area (Å²) in [7, 11) is 1.25. The Morgan fingerprint density at radius 1 is 1.00 bits per heavy atom. The maximum absolute atomic E-state index is 12.2. The van der Waals surface area contributed by atoms with Gasteiger partial charge in [-0.15, -0.1) is 0 Å². The van der Waals surface area contributed by atoms with Crippen molar-refractivity contribution in [3.8, 4) is 5.75 Å². The second kappa shape index (κ2) is 10.7. The Hall–Kier alpha value is -3.35. The summed E-state index contributed by atoms with van der Waals surface area (Å²) >= 11 is 0. The van der Waals surface area contributed by atoms with Gasteiger partial charge in [-0.3, -0.25) is 4.79 Å². The van der Waals surface area contributed by atoms with Gasteiger partial charge in [-0.25, -0.2) is 9.59 Å². The predicted molar refractivity (Wildman–Crippen MR) is 102 cm³/mol. The molecule has 0 fully saturated rings. The van der Waals surface area contributed by atoms with E-state index in [0.717, 1.165) is 5.56 Å². The molecule has 148 valence electrons. The van der Waals surface area contributed by atoms with E-state index in [4.69, 9.17) is 14.2 Å². The maximum atomic E-state index is 12.2. The zero-order chi connectivity index (χ0) is 20.4. The first kappa shape index (κ1) is 21.0. The summed E-state index contributed by atoms with van der Waals surface area (Å²) in [6.45, 7) is 1.67. The molecule has 0 saturated heterocycles. The Morgan fingerprint density at radius 3 is 2.36 bits per heavy atom. The molecule has 1 atom stereocenters. The van der Waals surface area contributed by atoms with Gasteiger partial charge in [-0.2, -0.15) is 0 Å². The quantitative estimate of drug-likeness (QED) is 0.665. The van der Waals surface area contributed by atoms with Crippen molar-refractivity contribution >= 4 is 17.8 Å². The van der Waals surface area contributed by atoms with Gasteiger partial charge >= 0.3 is 11.9 Å². The average Bonchev–Trinajstić information content (AvgIpc) is 2.72. The highest BCUT2D eigenvalue weighted by Crippen LogP contribution is 2.18. The standard InChI is InChI=1S/C21H23NO6/c1-3-27-18-12-8-7-11-16(18)20(24)28-14-19(23)22-17(21(25)26-2)13-15-9-5-4-6-10-15/h4-12,17H,3,13-14H2,1-2H3,(H,22,23)/t17-/m0/s1. The van der Waals surface area contributed by atoms with Gasteiger partial charge in [0.15, 0.2) is 6.61 Å². The molecule has 0 aromatic heterocycles. The number of benzene rings is 2. The zero-order valence-corrected chi connectivity index (χ0v) is 15.8. The van der Waals surface area contributed by atoms with Crippen LogP contribution in [0.4, 0.5) is 0 Å². The molecule has 2 aromatic rings. The minimum absolute atomic E-state index is 0.228. The fraction of sp³-hybridized carbons (Fsp3) is 0.286.